The summed E-state index contributed by atoms with van der Waals surface area (Å²) in [4.78, 5) is 26.7. The molecule has 1 aromatic heterocycles. The summed E-state index contributed by atoms with van der Waals surface area (Å²) < 4.78 is 0. The first-order valence-electron chi connectivity index (χ1n) is 9.54. The Morgan fingerprint density at radius 1 is 0.903 bits per heavy atom. The van der Waals surface area contributed by atoms with Crippen molar-refractivity contribution in [2.45, 2.75) is 0 Å². The van der Waals surface area contributed by atoms with Crippen molar-refractivity contribution >= 4 is 17.8 Å². The number of nitrogens with one attached hydrogen (secondary N) is 2. The van der Waals surface area contributed by atoms with Gasteiger partial charge in [0.15, 0.2) is 0 Å². The van der Waals surface area contributed by atoms with E-state index in [1.165, 1.54) is 12.3 Å². The molecule has 7 heteroatoms. The molecule has 0 saturated carbocycles. The summed E-state index contributed by atoms with van der Waals surface area (Å²) in [5.74, 6) is -0.448. The van der Waals surface area contributed by atoms with Gasteiger partial charge < -0.3 is 4.98 Å². The maximum atomic E-state index is 12.9. The fourth-order valence-electron chi connectivity index (χ4n) is 3.23. The molecule has 1 amide bonds. The topological polar surface area (TPSA) is 100 Å². The third-order valence-corrected chi connectivity index (χ3v) is 4.72. The Balaban J connectivity index is 1.64. The molecule has 0 radical (unpaired) electrons. The molecule has 152 valence electrons. The van der Waals surface area contributed by atoms with E-state index in [9.17, 15) is 14.9 Å². The van der Waals surface area contributed by atoms with Gasteiger partial charge in [0.25, 0.3) is 11.6 Å². The molecule has 3 aromatic carbocycles. The molecule has 0 fully saturated rings. The number of carbonyl (C=O) groups excluding carboxylic acids is 1. The first-order chi connectivity index (χ1) is 15.1. The number of amides is 1. The Morgan fingerprint density at radius 3 is 2.19 bits per heavy atom. The van der Waals surface area contributed by atoms with E-state index in [2.05, 4.69) is 15.5 Å². The second-order valence-corrected chi connectivity index (χ2v) is 6.72. The standard InChI is InChI=1S/C24H18N4O3/c29-24(27-25-16-19-13-7-8-14-22(19)28(30)31)23-20(17-9-3-1-4-10-17)15-21(26-23)18-11-5-2-6-12-18/h1-16,26H,(H,27,29)/b25-16+. The van der Waals surface area contributed by atoms with Crippen LogP contribution in [0.15, 0.2) is 96.1 Å². The molecular weight excluding hydrogens is 392 g/mol. The Hall–Kier alpha value is -4.52. The van der Waals surface area contributed by atoms with Crippen LogP contribution in [0.2, 0.25) is 0 Å². The second-order valence-electron chi connectivity index (χ2n) is 6.72. The van der Waals surface area contributed by atoms with E-state index in [0.717, 1.165) is 22.4 Å². The van der Waals surface area contributed by atoms with Crippen molar-refractivity contribution < 1.29 is 9.72 Å². The Morgan fingerprint density at radius 2 is 1.52 bits per heavy atom. The number of rotatable bonds is 6. The van der Waals surface area contributed by atoms with Crippen molar-refractivity contribution in [2.75, 3.05) is 0 Å². The van der Waals surface area contributed by atoms with Gasteiger partial charge >= 0.3 is 0 Å². The average molecular weight is 410 g/mol. The number of H-pyrrole nitrogens is 1. The van der Waals surface area contributed by atoms with Crippen molar-refractivity contribution in [3.63, 3.8) is 0 Å². The smallest absolute Gasteiger partial charge is 0.288 e. The molecule has 0 atom stereocenters. The highest BCUT2D eigenvalue weighted by atomic mass is 16.6. The number of hydrogen-bond donors (Lipinski definition) is 2. The lowest BCUT2D eigenvalue weighted by atomic mass is 10.0. The molecule has 31 heavy (non-hydrogen) atoms. The summed E-state index contributed by atoms with van der Waals surface area (Å²) in [7, 11) is 0. The zero-order valence-electron chi connectivity index (χ0n) is 16.4. The third kappa shape index (κ3) is 4.40. The number of benzene rings is 3. The second kappa shape index (κ2) is 8.87. The van der Waals surface area contributed by atoms with Crippen LogP contribution in [-0.4, -0.2) is 22.0 Å². The van der Waals surface area contributed by atoms with E-state index in [1.807, 2.05) is 66.7 Å². The molecule has 4 rings (SSSR count). The highest BCUT2D eigenvalue weighted by Crippen LogP contribution is 2.29. The zero-order chi connectivity index (χ0) is 21.6. The number of aromatic nitrogens is 1. The van der Waals surface area contributed by atoms with Crippen LogP contribution in [0.1, 0.15) is 16.1 Å². The van der Waals surface area contributed by atoms with Gasteiger partial charge in [0.05, 0.1) is 16.7 Å². The van der Waals surface area contributed by atoms with Crippen LogP contribution in [0, 0.1) is 10.1 Å². The highest BCUT2D eigenvalue weighted by molar-refractivity contribution is 6.01. The minimum atomic E-state index is -0.492. The summed E-state index contributed by atoms with van der Waals surface area (Å²) in [5, 5.41) is 15.1. The fraction of sp³-hybridized carbons (Fsp3) is 0. The van der Waals surface area contributed by atoms with Crippen LogP contribution < -0.4 is 5.43 Å². The zero-order valence-corrected chi connectivity index (χ0v) is 16.4. The van der Waals surface area contributed by atoms with Gasteiger partial charge in [-0.3, -0.25) is 14.9 Å². The van der Waals surface area contributed by atoms with Crippen molar-refractivity contribution in [3.8, 4) is 22.4 Å². The Bertz CT molecular complexity index is 1250. The lowest BCUT2D eigenvalue weighted by molar-refractivity contribution is -0.385. The molecule has 0 unspecified atom stereocenters. The van der Waals surface area contributed by atoms with Crippen LogP contribution in [0.4, 0.5) is 5.69 Å². The van der Waals surface area contributed by atoms with E-state index < -0.39 is 10.8 Å². The third-order valence-electron chi connectivity index (χ3n) is 4.72. The molecule has 0 aliphatic rings. The van der Waals surface area contributed by atoms with Crippen LogP contribution in [0.5, 0.6) is 0 Å². The van der Waals surface area contributed by atoms with Gasteiger partial charge in [-0.2, -0.15) is 5.10 Å². The number of nitrogens with zero attached hydrogens (tertiary/aromatic N) is 2. The first kappa shape index (κ1) is 19.8. The normalized spacial score (nSPS) is 10.8. The molecule has 0 aliphatic carbocycles. The van der Waals surface area contributed by atoms with E-state index in [-0.39, 0.29) is 5.69 Å². The van der Waals surface area contributed by atoms with Gasteiger partial charge in [0.1, 0.15) is 5.69 Å². The molecule has 4 aromatic rings. The summed E-state index contributed by atoms with van der Waals surface area (Å²) >= 11 is 0. The number of nitro benzene ring substituents is 1. The lowest BCUT2D eigenvalue weighted by Gasteiger charge is -2.03. The van der Waals surface area contributed by atoms with Crippen LogP contribution in [0.25, 0.3) is 22.4 Å². The number of aromatic amines is 1. The minimum absolute atomic E-state index is 0.0864. The maximum absolute atomic E-state index is 12.9. The number of hydrazone groups is 1. The van der Waals surface area contributed by atoms with Gasteiger partial charge in [-0.15, -0.1) is 0 Å². The summed E-state index contributed by atoms with van der Waals surface area (Å²) in [5.41, 5.74) is 6.39. The fourth-order valence-corrected chi connectivity index (χ4v) is 3.23. The maximum Gasteiger partial charge on any atom is 0.288 e. The van der Waals surface area contributed by atoms with Crippen LogP contribution in [0.3, 0.4) is 0 Å². The van der Waals surface area contributed by atoms with E-state index in [0.29, 0.717) is 11.3 Å². The summed E-state index contributed by atoms with van der Waals surface area (Å²) in [6.45, 7) is 0. The molecular formula is C24H18N4O3. The Kier molecular flexibility index (Phi) is 5.66. The Labute approximate surface area is 178 Å². The number of nitro groups is 1. The molecule has 0 spiro atoms. The molecule has 1 heterocycles. The molecule has 0 aliphatic heterocycles. The summed E-state index contributed by atoms with van der Waals surface area (Å²) in [6, 6.07) is 27.3. The van der Waals surface area contributed by atoms with Crippen molar-refractivity contribution in [2.24, 2.45) is 5.10 Å². The summed E-state index contributed by atoms with van der Waals surface area (Å²) in [6.07, 6.45) is 1.26. The molecule has 2 N–H and O–H groups in total. The number of carbonyl (C=O) groups is 1. The van der Waals surface area contributed by atoms with Crippen LogP contribution in [-0.2, 0) is 0 Å². The van der Waals surface area contributed by atoms with Crippen molar-refractivity contribution in [1.29, 1.82) is 0 Å². The average Bonchev–Trinajstić information content (AvgIpc) is 3.26. The molecule has 0 bridgehead atoms. The van der Waals surface area contributed by atoms with Crippen molar-refractivity contribution in [1.82, 2.24) is 10.4 Å². The minimum Gasteiger partial charge on any atom is -0.350 e. The highest BCUT2D eigenvalue weighted by Gasteiger charge is 2.17. The number of para-hydroxylation sites is 1. The van der Waals surface area contributed by atoms with Gasteiger partial charge in [-0.1, -0.05) is 72.8 Å². The largest absolute Gasteiger partial charge is 0.350 e. The number of hydrogen-bond acceptors (Lipinski definition) is 4. The van der Waals surface area contributed by atoms with Gasteiger partial charge in [0, 0.05) is 17.3 Å². The predicted molar refractivity (Wildman–Crippen MR) is 120 cm³/mol. The first-order valence-corrected chi connectivity index (χ1v) is 9.54. The van der Waals surface area contributed by atoms with Crippen molar-refractivity contribution in [3.05, 3.63) is 112 Å². The SMILES string of the molecule is O=C(N/N=C/c1ccccc1[N+](=O)[O-])c1[nH]c(-c2ccccc2)cc1-c1ccccc1. The van der Waals surface area contributed by atoms with Gasteiger partial charge in [-0.25, -0.2) is 5.43 Å². The molecule has 0 saturated heterocycles. The van der Waals surface area contributed by atoms with E-state index in [1.54, 1.807) is 18.2 Å². The van der Waals surface area contributed by atoms with Gasteiger partial charge in [0.2, 0.25) is 0 Å². The lowest BCUT2D eigenvalue weighted by Crippen LogP contribution is -2.19. The monoisotopic (exact) mass is 410 g/mol. The van der Waals surface area contributed by atoms with Crippen LogP contribution >= 0.6 is 0 Å². The quantitative estimate of drug-likeness (QED) is 0.265. The van der Waals surface area contributed by atoms with E-state index in [4.69, 9.17) is 0 Å². The van der Waals surface area contributed by atoms with E-state index >= 15 is 0 Å². The predicted octanol–water partition coefficient (Wildman–Crippen LogP) is 5.02. The molecule has 7 nitrogen and oxygen atoms in total. The van der Waals surface area contributed by atoms with Gasteiger partial charge in [-0.05, 0) is 23.3 Å².